The van der Waals surface area contributed by atoms with Crippen molar-refractivity contribution in [3.05, 3.63) is 126 Å². The SMILES string of the molecule is CC(C)(c1ccccc1)c1cccc(P(c2ccccc2)c2ccccc2)c1. The molecule has 138 valence electrons. The highest BCUT2D eigenvalue weighted by Crippen LogP contribution is 2.36. The van der Waals surface area contributed by atoms with E-state index in [0.717, 1.165) is 0 Å². The highest BCUT2D eigenvalue weighted by Gasteiger charge is 2.24. The number of hydrogen-bond acceptors (Lipinski definition) is 0. The van der Waals surface area contributed by atoms with Gasteiger partial charge in [-0.05, 0) is 41.0 Å². The van der Waals surface area contributed by atoms with Crippen LogP contribution in [-0.4, -0.2) is 0 Å². The molecule has 28 heavy (non-hydrogen) atoms. The van der Waals surface area contributed by atoms with Gasteiger partial charge in [0.15, 0.2) is 0 Å². The molecular formula is C27H25P. The summed E-state index contributed by atoms with van der Waals surface area (Å²) in [5.74, 6) is 0. The van der Waals surface area contributed by atoms with Crippen molar-refractivity contribution in [3.8, 4) is 0 Å². The van der Waals surface area contributed by atoms with Gasteiger partial charge in [0.25, 0.3) is 0 Å². The summed E-state index contributed by atoms with van der Waals surface area (Å²) in [6.45, 7) is 4.63. The van der Waals surface area contributed by atoms with E-state index in [-0.39, 0.29) is 5.41 Å². The Hall–Kier alpha value is -2.69. The Morgan fingerprint density at radius 2 is 0.893 bits per heavy atom. The summed E-state index contributed by atoms with van der Waals surface area (Å²) in [5, 5.41) is 4.17. The van der Waals surface area contributed by atoms with Crippen LogP contribution in [0.15, 0.2) is 115 Å². The molecule has 0 heterocycles. The highest BCUT2D eigenvalue weighted by atomic mass is 31.1. The van der Waals surface area contributed by atoms with E-state index in [2.05, 4.69) is 129 Å². The lowest BCUT2D eigenvalue weighted by molar-refractivity contribution is 0.641. The summed E-state index contributed by atoms with van der Waals surface area (Å²) in [6, 6.07) is 41.8. The Balaban J connectivity index is 1.82. The van der Waals surface area contributed by atoms with Gasteiger partial charge in [-0.2, -0.15) is 0 Å². The van der Waals surface area contributed by atoms with Gasteiger partial charge in [0.2, 0.25) is 0 Å². The van der Waals surface area contributed by atoms with Crippen LogP contribution >= 0.6 is 7.92 Å². The van der Waals surface area contributed by atoms with Crippen LogP contribution in [0.2, 0.25) is 0 Å². The maximum absolute atomic E-state index is 2.42. The molecule has 4 rings (SSSR count). The molecule has 4 aromatic carbocycles. The van der Waals surface area contributed by atoms with Crippen molar-refractivity contribution in [1.29, 1.82) is 0 Å². The average Bonchev–Trinajstić information content (AvgIpc) is 2.76. The first-order valence-corrected chi connectivity index (χ1v) is 11.1. The van der Waals surface area contributed by atoms with E-state index in [1.807, 2.05) is 0 Å². The molecular weight excluding hydrogens is 355 g/mol. The predicted molar refractivity (Wildman–Crippen MR) is 124 cm³/mol. The normalized spacial score (nSPS) is 11.5. The minimum Gasteiger partial charge on any atom is -0.0622 e. The van der Waals surface area contributed by atoms with Crippen molar-refractivity contribution < 1.29 is 0 Å². The second-order valence-electron chi connectivity index (χ2n) is 7.55. The number of rotatable bonds is 5. The smallest absolute Gasteiger partial charge is 0.0146 e. The third-order valence-electron chi connectivity index (χ3n) is 5.35. The van der Waals surface area contributed by atoms with Gasteiger partial charge in [0.1, 0.15) is 0 Å². The summed E-state index contributed by atoms with van der Waals surface area (Å²) >= 11 is 0. The lowest BCUT2D eigenvalue weighted by Gasteiger charge is -2.28. The molecule has 1 heteroatoms. The van der Waals surface area contributed by atoms with Crippen LogP contribution < -0.4 is 15.9 Å². The molecule has 0 nitrogen and oxygen atoms in total. The summed E-state index contributed by atoms with van der Waals surface area (Å²) < 4.78 is 0. The minimum atomic E-state index is -0.578. The van der Waals surface area contributed by atoms with Crippen LogP contribution in [-0.2, 0) is 5.41 Å². The van der Waals surface area contributed by atoms with Crippen molar-refractivity contribution in [2.24, 2.45) is 0 Å². The summed E-state index contributed by atoms with van der Waals surface area (Å²) in [6.07, 6.45) is 0. The molecule has 0 fully saturated rings. The van der Waals surface area contributed by atoms with Gasteiger partial charge < -0.3 is 0 Å². The van der Waals surface area contributed by atoms with Gasteiger partial charge in [-0.3, -0.25) is 0 Å². The average molecular weight is 380 g/mol. The Morgan fingerprint density at radius 1 is 0.464 bits per heavy atom. The van der Waals surface area contributed by atoms with E-state index < -0.39 is 7.92 Å². The van der Waals surface area contributed by atoms with E-state index in [4.69, 9.17) is 0 Å². The molecule has 0 radical (unpaired) electrons. The molecule has 0 aliphatic carbocycles. The van der Waals surface area contributed by atoms with Gasteiger partial charge in [-0.25, -0.2) is 0 Å². The van der Waals surface area contributed by atoms with E-state index in [1.54, 1.807) is 0 Å². The molecule has 0 unspecified atom stereocenters. The zero-order chi connectivity index (χ0) is 19.4. The van der Waals surface area contributed by atoms with Gasteiger partial charge in [-0.15, -0.1) is 0 Å². The van der Waals surface area contributed by atoms with Gasteiger partial charge in [0.05, 0.1) is 0 Å². The van der Waals surface area contributed by atoms with Crippen LogP contribution in [0.5, 0.6) is 0 Å². The second-order valence-corrected chi connectivity index (χ2v) is 9.77. The first-order valence-electron chi connectivity index (χ1n) is 9.72. The highest BCUT2D eigenvalue weighted by molar-refractivity contribution is 7.79. The predicted octanol–water partition coefficient (Wildman–Crippen LogP) is 5.77. The fraction of sp³-hybridized carbons (Fsp3) is 0.111. The molecule has 0 aromatic heterocycles. The standard InChI is InChI=1S/C27H25P/c1-27(2,22-13-6-3-7-14-22)23-15-12-20-26(21-23)28(24-16-8-4-9-17-24)25-18-10-5-11-19-25/h3-21H,1-2H3. The zero-order valence-electron chi connectivity index (χ0n) is 16.4. The van der Waals surface area contributed by atoms with Crippen LogP contribution in [0.3, 0.4) is 0 Å². The fourth-order valence-corrected chi connectivity index (χ4v) is 5.99. The topological polar surface area (TPSA) is 0 Å². The largest absolute Gasteiger partial charge is 0.0622 e. The molecule has 4 aromatic rings. The Morgan fingerprint density at radius 3 is 1.43 bits per heavy atom. The number of benzene rings is 4. The zero-order valence-corrected chi connectivity index (χ0v) is 17.3. The van der Waals surface area contributed by atoms with Gasteiger partial charge in [-0.1, -0.05) is 123 Å². The summed E-state index contributed by atoms with van der Waals surface area (Å²) in [7, 11) is -0.578. The Labute approximate surface area is 169 Å². The first kappa shape index (κ1) is 18.7. The van der Waals surface area contributed by atoms with Crippen molar-refractivity contribution in [2.45, 2.75) is 19.3 Å². The van der Waals surface area contributed by atoms with E-state index in [9.17, 15) is 0 Å². The molecule has 0 amide bonds. The van der Waals surface area contributed by atoms with E-state index in [1.165, 1.54) is 27.0 Å². The van der Waals surface area contributed by atoms with E-state index >= 15 is 0 Å². The maximum atomic E-state index is 2.42. The van der Waals surface area contributed by atoms with Crippen LogP contribution in [0.1, 0.15) is 25.0 Å². The van der Waals surface area contributed by atoms with Crippen molar-refractivity contribution in [3.63, 3.8) is 0 Å². The molecule has 0 aliphatic heterocycles. The molecule has 0 aliphatic rings. The van der Waals surface area contributed by atoms with E-state index in [0.29, 0.717) is 0 Å². The third-order valence-corrected chi connectivity index (χ3v) is 7.77. The fourth-order valence-electron chi connectivity index (χ4n) is 3.66. The van der Waals surface area contributed by atoms with Gasteiger partial charge >= 0.3 is 0 Å². The molecule has 0 atom stereocenters. The molecule has 0 saturated carbocycles. The van der Waals surface area contributed by atoms with Crippen molar-refractivity contribution in [1.82, 2.24) is 0 Å². The summed E-state index contributed by atoms with van der Waals surface area (Å²) in [5.41, 5.74) is 2.66. The minimum absolute atomic E-state index is 0.0361. The summed E-state index contributed by atoms with van der Waals surface area (Å²) in [4.78, 5) is 0. The quantitative estimate of drug-likeness (QED) is 0.386. The van der Waals surface area contributed by atoms with Crippen LogP contribution in [0.4, 0.5) is 0 Å². The monoisotopic (exact) mass is 380 g/mol. The van der Waals surface area contributed by atoms with Crippen LogP contribution in [0, 0.1) is 0 Å². The Kier molecular flexibility index (Phi) is 5.42. The first-order chi connectivity index (χ1) is 13.7. The second kappa shape index (κ2) is 8.13. The lowest BCUT2D eigenvalue weighted by atomic mass is 9.78. The molecule has 0 spiro atoms. The lowest BCUT2D eigenvalue weighted by Crippen LogP contribution is -2.24. The van der Waals surface area contributed by atoms with Gasteiger partial charge in [0, 0.05) is 5.41 Å². The van der Waals surface area contributed by atoms with Crippen molar-refractivity contribution in [2.75, 3.05) is 0 Å². The Bertz CT molecular complexity index is 982. The molecule has 0 N–H and O–H groups in total. The van der Waals surface area contributed by atoms with Crippen LogP contribution in [0.25, 0.3) is 0 Å². The third kappa shape index (κ3) is 3.79. The maximum Gasteiger partial charge on any atom is 0.0146 e. The number of hydrogen-bond donors (Lipinski definition) is 0. The molecule has 0 bridgehead atoms. The van der Waals surface area contributed by atoms with Crippen molar-refractivity contribution >= 4 is 23.8 Å². The molecule has 0 saturated heterocycles.